The molecule has 1 unspecified atom stereocenters. The van der Waals surface area contributed by atoms with Crippen LogP contribution in [0, 0.1) is 10.1 Å². The summed E-state index contributed by atoms with van der Waals surface area (Å²) in [6, 6.07) is 15.9. The first-order valence-electron chi connectivity index (χ1n) is 10.0. The van der Waals surface area contributed by atoms with Gasteiger partial charge >= 0.3 is 5.97 Å². The number of esters is 1. The van der Waals surface area contributed by atoms with Crippen molar-refractivity contribution in [1.82, 2.24) is 5.48 Å². The third-order valence-corrected chi connectivity index (χ3v) is 5.22. The Bertz CT molecular complexity index is 1120. The number of carbonyl (C=O) groups is 1. The van der Waals surface area contributed by atoms with Gasteiger partial charge in [-0.2, -0.15) is 0 Å². The van der Waals surface area contributed by atoms with Gasteiger partial charge in [-0.3, -0.25) is 25.4 Å². The van der Waals surface area contributed by atoms with Crippen molar-refractivity contribution in [1.29, 1.82) is 0 Å². The molecule has 0 saturated heterocycles. The maximum absolute atomic E-state index is 12.7. The number of hydroxylamine groups is 1. The summed E-state index contributed by atoms with van der Waals surface area (Å²) < 4.78 is 5.02. The molecule has 0 bridgehead atoms. The molecule has 8 nitrogen and oxygen atoms in total. The molecule has 3 rings (SSSR count). The molecule has 2 aromatic carbocycles. The van der Waals surface area contributed by atoms with Gasteiger partial charge in [0.1, 0.15) is 0 Å². The zero-order valence-electron chi connectivity index (χ0n) is 18.4. The number of benzene rings is 2. The molecular formula is C24H25N3O5. The van der Waals surface area contributed by atoms with Crippen molar-refractivity contribution in [2.45, 2.75) is 33.3 Å². The van der Waals surface area contributed by atoms with Crippen LogP contribution in [0.25, 0.3) is 0 Å². The maximum Gasteiger partial charge on any atom is 0.336 e. The zero-order valence-corrected chi connectivity index (χ0v) is 18.4. The van der Waals surface area contributed by atoms with Crippen molar-refractivity contribution in [3.63, 3.8) is 0 Å². The average Bonchev–Trinajstić information content (AvgIpc) is 2.78. The van der Waals surface area contributed by atoms with E-state index in [0.29, 0.717) is 40.4 Å². The smallest absolute Gasteiger partial charge is 0.336 e. The molecular weight excluding hydrogens is 410 g/mol. The van der Waals surface area contributed by atoms with Crippen LogP contribution in [0.4, 0.5) is 5.69 Å². The van der Waals surface area contributed by atoms with Crippen molar-refractivity contribution in [3.8, 4) is 0 Å². The Labute approximate surface area is 186 Å². The topological polar surface area (TPSA) is 103 Å². The molecule has 0 aromatic heterocycles. The summed E-state index contributed by atoms with van der Waals surface area (Å²) in [5.41, 5.74) is 7.34. The molecule has 1 heterocycles. The number of nitro groups is 1. The molecule has 2 aromatic rings. The van der Waals surface area contributed by atoms with Crippen LogP contribution in [0.2, 0.25) is 0 Å². The minimum atomic E-state index is -0.604. The molecule has 1 aliphatic rings. The van der Waals surface area contributed by atoms with Gasteiger partial charge in [-0.25, -0.2) is 4.79 Å². The Hall–Kier alpha value is -3.78. The Morgan fingerprint density at radius 1 is 1.16 bits per heavy atom. The number of aliphatic imine (C=N–C) groups is 1. The standard InChI is InChI=1S/C24H25N3O5/c1-15-21(17(3)26-32-14-18-9-6-5-7-10-18)23(22(16(2)25-15)24(28)31-4)19-11-8-12-20(13-19)27(29)30/h5-13,23,26H,14H2,1-4H3/b21-17+. The van der Waals surface area contributed by atoms with Crippen molar-refractivity contribution < 1.29 is 19.3 Å². The van der Waals surface area contributed by atoms with Crippen LogP contribution < -0.4 is 5.48 Å². The van der Waals surface area contributed by atoms with E-state index in [1.165, 1.54) is 19.2 Å². The van der Waals surface area contributed by atoms with Gasteiger partial charge in [-0.05, 0) is 31.9 Å². The zero-order chi connectivity index (χ0) is 23.3. The van der Waals surface area contributed by atoms with E-state index in [1.54, 1.807) is 19.1 Å². The molecule has 166 valence electrons. The number of rotatable bonds is 7. The monoisotopic (exact) mass is 435 g/mol. The van der Waals surface area contributed by atoms with Crippen LogP contribution in [0.3, 0.4) is 0 Å². The molecule has 0 radical (unpaired) electrons. The molecule has 1 aliphatic heterocycles. The quantitative estimate of drug-likeness (QED) is 0.387. The predicted molar refractivity (Wildman–Crippen MR) is 121 cm³/mol. The molecule has 0 amide bonds. The second-order valence-electron chi connectivity index (χ2n) is 7.39. The van der Waals surface area contributed by atoms with Crippen molar-refractivity contribution in [3.05, 3.63) is 98.4 Å². The summed E-state index contributed by atoms with van der Waals surface area (Å²) in [4.78, 5) is 33.8. The molecule has 8 heteroatoms. The molecule has 0 aliphatic carbocycles. The third-order valence-electron chi connectivity index (χ3n) is 5.22. The summed E-state index contributed by atoms with van der Waals surface area (Å²) in [5.74, 6) is -1.14. The van der Waals surface area contributed by atoms with E-state index in [0.717, 1.165) is 5.56 Å². The number of allylic oxidation sites excluding steroid dienone is 3. The largest absolute Gasteiger partial charge is 0.466 e. The van der Waals surface area contributed by atoms with Gasteiger partial charge in [0.2, 0.25) is 0 Å². The van der Waals surface area contributed by atoms with E-state index < -0.39 is 16.8 Å². The number of hydrogen-bond acceptors (Lipinski definition) is 7. The molecule has 0 fully saturated rings. The van der Waals surface area contributed by atoms with E-state index in [4.69, 9.17) is 9.57 Å². The van der Waals surface area contributed by atoms with Gasteiger partial charge in [0.25, 0.3) is 5.69 Å². The normalized spacial score (nSPS) is 17.5. The fraction of sp³-hybridized carbons (Fsp3) is 0.250. The lowest BCUT2D eigenvalue weighted by molar-refractivity contribution is -0.384. The Balaban J connectivity index is 2.04. The molecule has 0 saturated carbocycles. The van der Waals surface area contributed by atoms with Gasteiger partial charge in [-0.1, -0.05) is 42.5 Å². The summed E-state index contributed by atoms with van der Waals surface area (Å²) in [6.07, 6.45) is 0. The van der Waals surface area contributed by atoms with Crippen LogP contribution >= 0.6 is 0 Å². The van der Waals surface area contributed by atoms with E-state index in [2.05, 4.69) is 10.5 Å². The Morgan fingerprint density at radius 3 is 2.53 bits per heavy atom. The Morgan fingerprint density at radius 2 is 1.88 bits per heavy atom. The van der Waals surface area contributed by atoms with Gasteiger partial charge in [-0.15, -0.1) is 0 Å². The maximum atomic E-state index is 12.7. The number of nitrogens with zero attached hydrogens (tertiary/aromatic N) is 2. The number of ether oxygens (including phenoxy) is 1. The van der Waals surface area contributed by atoms with Gasteiger partial charge < -0.3 is 4.74 Å². The number of nitrogens with one attached hydrogen (secondary N) is 1. The number of carbonyl (C=O) groups excluding carboxylic acids is 1. The first-order chi connectivity index (χ1) is 15.3. The first kappa shape index (κ1) is 22.9. The highest BCUT2D eigenvalue weighted by Gasteiger charge is 2.35. The average molecular weight is 435 g/mol. The highest BCUT2D eigenvalue weighted by Crippen LogP contribution is 2.40. The molecule has 32 heavy (non-hydrogen) atoms. The highest BCUT2D eigenvalue weighted by atomic mass is 16.6. The predicted octanol–water partition coefficient (Wildman–Crippen LogP) is 4.60. The van der Waals surface area contributed by atoms with Crippen LogP contribution in [0.1, 0.15) is 37.8 Å². The SMILES string of the molecule is COC(=O)C1=C(C)N=C(C)/C(=C(/C)NOCc2ccccc2)C1c1cccc([N+](=O)[O-])c1. The number of hydrogen-bond donors (Lipinski definition) is 1. The fourth-order valence-corrected chi connectivity index (χ4v) is 3.81. The van der Waals surface area contributed by atoms with E-state index in [1.807, 2.05) is 44.2 Å². The van der Waals surface area contributed by atoms with Crippen LogP contribution in [-0.4, -0.2) is 23.7 Å². The lowest BCUT2D eigenvalue weighted by atomic mass is 9.79. The first-order valence-corrected chi connectivity index (χ1v) is 10.0. The minimum absolute atomic E-state index is 0.0603. The fourth-order valence-electron chi connectivity index (χ4n) is 3.81. The number of non-ortho nitro benzene ring substituents is 1. The molecule has 1 atom stereocenters. The Kier molecular flexibility index (Phi) is 7.17. The molecule has 0 spiro atoms. The van der Waals surface area contributed by atoms with Crippen molar-refractivity contribution >= 4 is 17.4 Å². The lowest BCUT2D eigenvalue weighted by Gasteiger charge is -2.29. The van der Waals surface area contributed by atoms with Gasteiger partial charge in [0, 0.05) is 40.7 Å². The summed E-state index contributed by atoms with van der Waals surface area (Å²) in [7, 11) is 1.30. The summed E-state index contributed by atoms with van der Waals surface area (Å²) >= 11 is 0. The van der Waals surface area contributed by atoms with Crippen molar-refractivity contribution in [2.24, 2.45) is 4.99 Å². The summed E-state index contributed by atoms with van der Waals surface area (Å²) in [5, 5.41) is 11.4. The van der Waals surface area contributed by atoms with Crippen LogP contribution in [-0.2, 0) is 21.0 Å². The lowest BCUT2D eigenvalue weighted by Crippen LogP contribution is -2.27. The van der Waals surface area contributed by atoms with E-state index in [9.17, 15) is 14.9 Å². The van der Waals surface area contributed by atoms with E-state index in [-0.39, 0.29) is 5.69 Å². The third kappa shape index (κ3) is 4.92. The number of nitro benzene ring substituents is 1. The second kappa shape index (κ2) is 10.0. The van der Waals surface area contributed by atoms with Gasteiger partial charge in [0.15, 0.2) is 0 Å². The summed E-state index contributed by atoms with van der Waals surface area (Å²) in [6.45, 7) is 5.71. The number of methoxy groups -OCH3 is 1. The van der Waals surface area contributed by atoms with E-state index >= 15 is 0 Å². The van der Waals surface area contributed by atoms with Crippen LogP contribution in [0.5, 0.6) is 0 Å². The highest BCUT2D eigenvalue weighted by molar-refractivity contribution is 6.06. The van der Waals surface area contributed by atoms with Crippen molar-refractivity contribution in [2.75, 3.05) is 7.11 Å². The van der Waals surface area contributed by atoms with Crippen LogP contribution in [0.15, 0.2) is 82.1 Å². The second-order valence-corrected chi connectivity index (χ2v) is 7.39. The minimum Gasteiger partial charge on any atom is -0.466 e. The van der Waals surface area contributed by atoms with Gasteiger partial charge in [0.05, 0.1) is 24.2 Å². The molecule has 1 N–H and O–H groups in total.